The van der Waals surface area contributed by atoms with Crippen molar-refractivity contribution in [1.82, 2.24) is 0 Å². The molecule has 0 bridgehead atoms. The number of hydrogen-bond acceptors (Lipinski definition) is 3. The lowest BCUT2D eigenvalue weighted by molar-refractivity contribution is 0.0989. The van der Waals surface area contributed by atoms with Crippen LogP contribution in [0, 0.1) is 0 Å². The highest BCUT2D eigenvalue weighted by atomic mass is 32.2. The Balaban J connectivity index is 5.16. The number of halogens is 2. The van der Waals surface area contributed by atoms with Crippen LogP contribution in [0.15, 0.2) is 0 Å². The number of hydrogen-bond donors (Lipinski definition) is 1. The van der Waals surface area contributed by atoms with E-state index in [1.807, 2.05) is 0 Å². The van der Waals surface area contributed by atoms with Crippen molar-refractivity contribution in [2.24, 2.45) is 5.73 Å². The smallest absolute Gasteiger partial charge is 0.324 e. The highest BCUT2D eigenvalue weighted by Crippen LogP contribution is 2.30. The van der Waals surface area contributed by atoms with Gasteiger partial charge in [-0.2, -0.15) is 8.78 Å². The SMILES string of the molecule is CC(C)(C)S(=O)(=O)C(F)(F)CN. The summed E-state index contributed by atoms with van der Waals surface area (Å²) >= 11 is 0. The zero-order valence-corrected chi connectivity index (χ0v) is 8.08. The minimum atomic E-state index is -4.48. The monoisotopic (exact) mass is 201 g/mol. The lowest BCUT2D eigenvalue weighted by Crippen LogP contribution is -2.46. The molecule has 74 valence electrons. The van der Waals surface area contributed by atoms with Gasteiger partial charge in [-0.15, -0.1) is 0 Å². The Bertz CT molecular complexity index is 253. The molecule has 0 saturated heterocycles. The first-order valence-electron chi connectivity index (χ1n) is 3.38. The van der Waals surface area contributed by atoms with E-state index in [2.05, 4.69) is 5.73 Å². The van der Waals surface area contributed by atoms with Crippen LogP contribution in [-0.2, 0) is 9.84 Å². The first-order chi connectivity index (χ1) is 5.06. The molecule has 0 spiro atoms. The fourth-order valence-corrected chi connectivity index (χ4v) is 1.67. The van der Waals surface area contributed by atoms with E-state index in [1.54, 1.807) is 0 Å². The summed E-state index contributed by atoms with van der Waals surface area (Å²) in [4.78, 5) is 0. The molecule has 0 aliphatic carbocycles. The predicted octanol–water partition coefficient (Wildman–Crippen LogP) is 0.751. The van der Waals surface area contributed by atoms with E-state index in [4.69, 9.17) is 0 Å². The Kier molecular flexibility index (Phi) is 2.86. The van der Waals surface area contributed by atoms with Crippen molar-refractivity contribution in [2.75, 3.05) is 6.54 Å². The van der Waals surface area contributed by atoms with Crippen molar-refractivity contribution in [1.29, 1.82) is 0 Å². The van der Waals surface area contributed by atoms with E-state index in [0.29, 0.717) is 0 Å². The molecule has 0 unspecified atom stereocenters. The van der Waals surface area contributed by atoms with E-state index >= 15 is 0 Å². The van der Waals surface area contributed by atoms with E-state index in [-0.39, 0.29) is 0 Å². The van der Waals surface area contributed by atoms with Gasteiger partial charge in [-0.3, -0.25) is 0 Å². The van der Waals surface area contributed by atoms with Crippen LogP contribution < -0.4 is 5.73 Å². The van der Waals surface area contributed by atoms with Crippen molar-refractivity contribution >= 4 is 9.84 Å². The van der Waals surface area contributed by atoms with Crippen LogP contribution in [0.3, 0.4) is 0 Å². The summed E-state index contributed by atoms with van der Waals surface area (Å²) in [6, 6.07) is 0. The van der Waals surface area contributed by atoms with E-state index < -0.39 is 26.4 Å². The Morgan fingerprint density at radius 3 is 1.67 bits per heavy atom. The van der Waals surface area contributed by atoms with Gasteiger partial charge in [-0.1, -0.05) is 0 Å². The fraction of sp³-hybridized carbons (Fsp3) is 1.00. The lowest BCUT2D eigenvalue weighted by Gasteiger charge is -2.25. The third kappa shape index (κ3) is 1.74. The number of alkyl halides is 2. The summed E-state index contributed by atoms with van der Waals surface area (Å²) in [7, 11) is -4.48. The maximum Gasteiger partial charge on any atom is 0.357 e. The standard InChI is InChI=1S/C6H13F2NO2S/c1-5(2,3)12(10,11)6(7,8)4-9/h4,9H2,1-3H3. The molecule has 12 heavy (non-hydrogen) atoms. The fourth-order valence-electron chi connectivity index (χ4n) is 0.558. The highest BCUT2D eigenvalue weighted by molar-refractivity contribution is 7.93. The average molecular weight is 201 g/mol. The van der Waals surface area contributed by atoms with E-state index in [9.17, 15) is 17.2 Å². The van der Waals surface area contributed by atoms with Gasteiger partial charge in [0.1, 0.15) is 0 Å². The van der Waals surface area contributed by atoms with Crippen LogP contribution in [-0.4, -0.2) is 25.0 Å². The summed E-state index contributed by atoms with van der Waals surface area (Å²) in [5, 5.41) is -3.83. The van der Waals surface area contributed by atoms with Crippen LogP contribution in [0.5, 0.6) is 0 Å². The third-order valence-electron chi connectivity index (χ3n) is 1.44. The molecule has 6 heteroatoms. The molecule has 0 aliphatic heterocycles. The molecular formula is C6H13F2NO2S. The van der Waals surface area contributed by atoms with Crippen LogP contribution in [0.25, 0.3) is 0 Å². The minimum Gasteiger partial charge on any atom is -0.324 e. The molecule has 0 amide bonds. The van der Waals surface area contributed by atoms with Gasteiger partial charge in [-0.25, -0.2) is 8.42 Å². The molecule has 0 aromatic heterocycles. The number of rotatable bonds is 2. The van der Waals surface area contributed by atoms with Crippen molar-refractivity contribution in [2.45, 2.75) is 30.8 Å². The summed E-state index contributed by atoms with van der Waals surface area (Å²) in [5.41, 5.74) is 4.66. The maximum absolute atomic E-state index is 12.7. The van der Waals surface area contributed by atoms with E-state index in [0.717, 1.165) is 0 Å². The van der Waals surface area contributed by atoms with Crippen molar-refractivity contribution in [3.8, 4) is 0 Å². The van der Waals surface area contributed by atoms with Crippen LogP contribution in [0.1, 0.15) is 20.8 Å². The van der Waals surface area contributed by atoms with Gasteiger partial charge in [0.05, 0.1) is 11.3 Å². The second-order valence-corrected chi connectivity index (χ2v) is 6.29. The summed E-state index contributed by atoms with van der Waals surface area (Å²) < 4.78 is 46.1. The summed E-state index contributed by atoms with van der Waals surface area (Å²) in [6.45, 7) is 2.47. The second-order valence-electron chi connectivity index (χ2n) is 3.46. The van der Waals surface area contributed by atoms with Crippen LogP contribution in [0.2, 0.25) is 0 Å². The molecule has 0 fully saturated rings. The van der Waals surface area contributed by atoms with Crippen LogP contribution in [0.4, 0.5) is 8.78 Å². The first-order valence-corrected chi connectivity index (χ1v) is 4.86. The zero-order chi connectivity index (χ0) is 10.2. The molecular weight excluding hydrogens is 188 g/mol. The van der Waals surface area contributed by atoms with Gasteiger partial charge in [0.25, 0.3) is 0 Å². The maximum atomic E-state index is 12.7. The molecule has 3 nitrogen and oxygen atoms in total. The minimum absolute atomic E-state index is 1.17. The lowest BCUT2D eigenvalue weighted by atomic mass is 10.3. The van der Waals surface area contributed by atoms with Gasteiger partial charge in [0, 0.05) is 0 Å². The largest absolute Gasteiger partial charge is 0.357 e. The van der Waals surface area contributed by atoms with Crippen molar-refractivity contribution in [3.63, 3.8) is 0 Å². The zero-order valence-electron chi connectivity index (χ0n) is 7.27. The molecule has 0 aliphatic rings. The van der Waals surface area contributed by atoms with Gasteiger partial charge in [0.15, 0.2) is 0 Å². The molecule has 0 heterocycles. The quantitative estimate of drug-likeness (QED) is 0.717. The topological polar surface area (TPSA) is 60.2 Å². The Morgan fingerprint density at radius 2 is 1.58 bits per heavy atom. The van der Waals surface area contributed by atoms with Gasteiger partial charge < -0.3 is 5.73 Å². The molecule has 0 saturated carbocycles. The van der Waals surface area contributed by atoms with Crippen molar-refractivity contribution < 1.29 is 17.2 Å². The number of sulfone groups is 1. The first kappa shape index (κ1) is 11.8. The van der Waals surface area contributed by atoms with Gasteiger partial charge in [0.2, 0.25) is 9.84 Å². The highest BCUT2D eigenvalue weighted by Gasteiger charge is 2.50. The van der Waals surface area contributed by atoms with Crippen molar-refractivity contribution in [3.05, 3.63) is 0 Å². The normalized spacial score (nSPS) is 14.8. The summed E-state index contributed by atoms with van der Waals surface area (Å²) in [5.74, 6) is 0. The number of nitrogens with two attached hydrogens (primary N) is 1. The van der Waals surface area contributed by atoms with E-state index in [1.165, 1.54) is 20.8 Å². The second kappa shape index (κ2) is 2.92. The van der Waals surface area contributed by atoms with Gasteiger partial charge >= 0.3 is 5.25 Å². The Labute approximate surface area is 70.9 Å². The Morgan fingerprint density at radius 1 is 1.25 bits per heavy atom. The molecule has 0 rings (SSSR count). The molecule has 2 N–H and O–H groups in total. The summed E-state index contributed by atoms with van der Waals surface area (Å²) in [6.07, 6.45) is 0. The molecule has 0 atom stereocenters. The van der Waals surface area contributed by atoms with Crippen LogP contribution >= 0.6 is 0 Å². The Hall–Kier alpha value is -0.230. The predicted molar refractivity (Wildman–Crippen MR) is 42.7 cm³/mol. The molecule has 0 aromatic rings. The molecule has 0 aromatic carbocycles. The third-order valence-corrected chi connectivity index (χ3v) is 4.00. The average Bonchev–Trinajstić information content (AvgIpc) is 1.85. The molecule has 0 radical (unpaired) electrons. The van der Waals surface area contributed by atoms with Gasteiger partial charge in [-0.05, 0) is 20.8 Å².